The number of hydrogen-bond donors (Lipinski definition) is 2. The molecule has 0 radical (unpaired) electrons. The van der Waals surface area contributed by atoms with Crippen molar-refractivity contribution in [2.24, 2.45) is 5.14 Å². The number of nitrogens with one attached hydrogen (secondary N) is 1. The van der Waals surface area contributed by atoms with Gasteiger partial charge in [0, 0.05) is 0 Å². The van der Waals surface area contributed by atoms with Crippen LogP contribution in [-0.2, 0) is 20.0 Å². The summed E-state index contributed by atoms with van der Waals surface area (Å²) in [5.74, 6) is -1.41. The second-order valence-corrected chi connectivity index (χ2v) is 6.68. The lowest BCUT2D eigenvalue weighted by Crippen LogP contribution is -2.29. The Bertz CT molecular complexity index is 673. The Morgan fingerprint density at radius 1 is 1.21 bits per heavy atom. The Labute approximate surface area is 107 Å². The summed E-state index contributed by atoms with van der Waals surface area (Å²) in [6.45, 7) is -1.18. The van der Waals surface area contributed by atoms with E-state index in [1.54, 1.807) is 0 Å². The van der Waals surface area contributed by atoms with Crippen molar-refractivity contribution in [3.63, 3.8) is 0 Å². The maximum atomic E-state index is 13.5. The molecule has 0 bridgehead atoms. The van der Waals surface area contributed by atoms with Crippen molar-refractivity contribution in [1.82, 2.24) is 4.72 Å². The first-order valence-corrected chi connectivity index (χ1v) is 7.67. The van der Waals surface area contributed by atoms with Crippen LogP contribution in [0.25, 0.3) is 0 Å². The van der Waals surface area contributed by atoms with Crippen molar-refractivity contribution in [2.45, 2.75) is 16.2 Å². The molecule has 19 heavy (non-hydrogen) atoms. The van der Waals surface area contributed by atoms with E-state index in [0.717, 1.165) is 6.07 Å². The minimum Gasteiger partial charge on any atom is -0.225 e. The summed E-state index contributed by atoms with van der Waals surface area (Å²) in [5.41, 5.74) is 0. The molecule has 0 atom stereocenters. The van der Waals surface area contributed by atoms with E-state index in [2.05, 4.69) is 0 Å². The van der Waals surface area contributed by atoms with Crippen molar-refractivity contribution in [3.05, 3.63) is 24.0 Å². The maximum absolute atomic E-state index is 13.5. The Balaban J connectivity index is 3.16. The number of benzene rings is 1. The molecule has 0 aliphatic carbocycles. The van der Waals surface area contributed by atoms with Gasteiger partial charge in [0.15, 0.2) is 0 Å². The molecular formula is C8H9F3N2O4S2. The highest BCUT2D eigenvalue weighted by Gasteiger charge is 2.22. The fourth-order valence-corrected chi connectivity index (χ4v) is 2.72. The van der Waals surface area contributed by atoms with Crippen molar-refractivity contribution in [3.8, 4) is 0 Å². The Morgan fingerprint density at radius 2 is 1.79 bits per heavy atom. The largest absolute Gasteiger partial charge is 0.251 e. The predicted molar refractivity (Wildman–Crippen MR) is 59.0 cm³/mol. The van der Waals surface area contributed by atoms with Crippen LogP contribution < -0.4 is 9.86 Å². The zero-order valence-electron chi connectivity index (χ0n) is 9.18. The standard InChI is InChI=1S/C8H9F3N2O4S2/c9-6-3-5(18(12,14)15)1-2-7(6)19(16,17)13-4-8(10)11/h1-3,8,13H,4H2,(H2,12,14,15). The molecule has 0 aliphatic heterocycles. The van der Waals surface area contributed by atoms with Gasteiger partial charge in [-0.05, 0) is 18.2 Å². The van der Waals surface area contributed by atoms with Crippen molar-refractivity contribution in [1.29, 1.82) is 0 Å². The lowest BCUT2D eigenvalue weighted by molar-refractivity contribution is 0.153. The van der Waals surface area contributed by atoms with Gasteiger partial charge in [0.2, 0.25) is 20.0 Å². The van der Waals surface area contributed by atoms with E-state index < -0.39 is 48.6 Å². The van der Waals surface area contributed by atoms with Crippen LogP contribution in [-0.4, -0.2) is 29.8 Å². The van der Waals surface area contributed by atoms with Crippen LogP contribution in [0.15, 0.2) is 28.0 Å². The number of sulfonamides is 2. The van der Waals surface area contributed by atoms with Gasteiger partial charge in [-0.2, -0.15) is 0 Å². The number of halogens is 3. The molecule has 0 aliphatic rings. The van der Waals surface area contributed by atoms with Crippen molar-refractivity contribution < 1.29 is 30.0 Å². The van der Waals surface area contributed by atoms with E-state index in [1.807, 2.05) is 0 Å². The highest BCUT2D eigenvalue weighted by Crippen LogP contribution is 2.18. The first kappa shape index (κ1) is 15.9. The molecule has 0 spiro atoms. The van der Waals surface area contributed by atoms with Crippen LogP contribution in [0.3, 0.4) is 0 Å². The van der Waals surface area contributed by atoms with Crippen LogP contribution in [0.2, 0.25) is 0 Å². The first-order valence-electron chi connectivity index (χ1n) is 4.64. The molecule has 6 nitrogen and oxygen atoms in total. The average molecular weight is 318 g/mol. The van der Waals surface area contributed by atoms with E-state index in [1.165, 1.54) is 4.72 Å². The molecule has 0 saturated carbocycles. The van der Waals surface area contributed by atoms with Gasteiger partial charge in [0.05, 0.1) is 11.4 Å². The van der Waals surface area contributed by atoms with Gasteiger partial charge in [-0.1, -0.05) is 0 Å². The monoisotopic (exact) mass is 318 g/mol. The normalized spacial score (nSPS) is 12.9. The Kier molecular flexibility index (Phi) is 4.55. The molecule has 3 N–H and O–H groups in total. The number of alkyl halides is 2. The number of hydrogen-bond acceptors (Lipinski definition) is 4. The molecule has 0 fully saturated rings. The lowest BCUT2D eigenvalue weighted by Gasteiger charge is -2.08. The third kappa shape index (κ3) is 4.16. The molecule has 0 amide bonds. The minimum absolute atomic E-state index is 0.395. The SMILES string of the molecule is NS(=O)(=O)c1ccc(S(=O)(=O)NCC(F)F)c(F)c1. The summed E-state index contributed by atoms with van der Waals surface area (Å²) in [4.78, 5) is -1.57. The minimum atomic E-state index is -4.49. The van der Waals surface area contributed by atoms with Gasteiger partial charge < -0.3 is 0 Å². The van der Waals surface area contributed by atoms with E-state index in [0.29, 0.717) is 12.1 Å². The molecule has 1 rings (SSSR count). The summed E-state index contributed by atoms with van der Waals surface area (Å²) < 4.78 is 83.4. The molecule has 0 heterocycles. The van der Waals surface area contributed by atoms with Crippen molar-refractivity contribution >= 4 is 20.0 Å². The maximum Gasteiger partial charge on any atom is 0.251 e. The molecule has 1 aromatic carbocycles. The van der Waals surface area contributed by atoms with E-state index in [4.69, 9.17) is 5.14 Å². The van der Waals surface area contributed by atoms with Gasteiger partial charge in [-0.15, -0.1) is 0 Å². The fourth-order valence-electron chi connectivity index (χ4n) is 1.13. The Hall–Kier alpha value is -1.17. The second kappa shape index (κ2) is 5.45. The van der Waals surface area contributed by atoms with E-state index in [9.17, 15) is 30.0 Å². The topological polar surface area (TPSA) is 106 Å². The first-order chi connectivity index (χ1) is 8.54. The number of nitrogens with two attached hydrogens (primary N) is 1. The Morgan fingerprint density at radius 3 is 2.21 bits per heavy atom. The molecular weight excluding hydrogens is 309 g/mol. The third-order valence-corrected chi connectivity index (χ3v) is 4.32. The molecule has 1 aromatic rings. The predicted octanol–water partition coefficient (Wildman–Crippen LogP) is 0.0165. The summed E-state index contributed by atoms with van der Waals surface area (Å²) in [5, 5.41) is 4.72. The third-order valence-electron chi connectivity index (χ3n) is 1.95. The smallest absolute Gasteiger partial charge is 0.225 e. The van der Waals surface area contributed by atoms with Crippen LogP contribution in [0.4, 0.5) is 13.2 Å². The molecule has 0 aromatic heterocycles. The fraction of sp³-hybridized carbons (Fsp3) is 0.250. The summed E-state index contributed by atoms with van der Waals surface area (Å²) in [6, 6.07) is 1.78. The highest BCUT2D eigenvalue weighted by molar-refractivity contribution is 7.89. The summed E-state index contributed by atoms with van der Waals surface area (Å²) >= 11 is 0. The van der Waals surface area contributed by atoms with Crippen LogP contribution >= 0.6 is 0 Å². The second-order valence-electron chi connectivity index (χ2n) is 3.38. The van der Waals surface area contributed by atoms with Crippen LogP contribution in [0.5, 0.6) is 0 Å². The van der Waals surface area contributed by atoms with Crippen LogP contribution in [0.1, 0.15) is 0 Å². The average Bonchev–Trinajstić information content (AvgIpc) is 2.25. The van der Waals surface area contributed by atoms with Gasteiger partial charge in [-0.25, -0.2) is 39.9 Å². The van der Waals surface area contributed by atoms with E-state index >= 15 is 0 Å². The lowest BCUT2D eigenvalue weighted by atomic mass is 10.3. The molecule has 0 saturated heterocycles. The molecule has 0 unspecified atom stereocenters. The van der Waals surface area contributed by atoms with Gasteiger partial charge in [0.25, 0.3) is 6.43 Å². The zero-order chi connectivity index (χ0) is 14.8. The molecule has 11 heteroatoms. The summed E-state index contributed by atoms with van der Waals surface area (Å²) in [6.07, 6.45) is -2.94. The highest BCUT2D eigenvalue weighted by atomic mass is 32.2. The van der Waals surface area contributed by atoms with Crippen molar-refractivity contribution in [2.75, 3.05) is 6.54 Å². The molecule has 108 valence electrons. The quantitative estimate of drug-likeness (QED) is 0.798. The zero-order valence-corrected chi connectivity index (χ0v) is 10.8. The van der Waals surface area contributed by atoms with E-state index in [-0.39, 0.29) is 0 Å². The number of primary sulfonamides is 1. The summed E-state index contributed by atoms with van der Waals surface area (Å²) in [7, 11) is -8.68. The van der Waals surface area contributed by atoms with Crippen LogP contribution in [0, 0.1) is 5.82 Å². The number of rotatable bonds is 5. The van der Waals surface area contributed by atoms with Gasteiger partial charge >= 0.3 is 0 Å². The van der Waals surface area contributed by atoms with Gasteiger partial charge in [-0.3, -0.25) is 0 Å². The van der Waals surface area contributed by atoms with Gasteiger partial charge in [0.1, 0.15) is 10.7 Å².